The van der Waals surface area contributed by atoms with Gasteiger partial charge in [-0.25, -0.2) is 14.2 Å². The summed E-state index contributed by atoms with van der Waals surface area (Å²) in [6, 6.07) is 9.66. The van der Waals surface area contributed by atoms with Gasteiger partial charge in [0.15, 0.2) is 23.3 Å². The molecule has 1 saturated heterocycles. The zero-order valence-corrected chi connectivity index (χ0v) is 21.4. The molecule has 7 nitrogen and oxygen atoms in total. The molecule has 2 aliphatic rings. The van der Waals surface area contributed by atoms with Gasteiger partial charge < -0.3 is 14.6 Å². The van der Waals surface area contributed by atoms with Crippen LogP contribution in [0.5, 0.6) is 11.5 Å². The average Bonchev–Trinajstić information content (AvgIpc) is 3.14. The summed E-state index contributed by atoms with van der Waals surface area (Å²) in [6.45, 7) is -0.518. The molecular formula is C25H24BrFN2O5S. The van der Waals surface area contributed by atoms with Crippen LogP contribution in [0.1, 0.15) is 37.7 Å². The number of carboxylic acids is 1. The summed E-state index contributed by atoms with van der Waals surface area (Å²) in [5.41, 5.74) is 0.845. The third kappa shape index (κ3) is 5.87. The van der Waals surface area contributed by atoms with Gasteiger partial charge >= 0.3 is 5.97 Å². The molecule has 1 aliphatic heterocycles. The molecule has 0 aromatic heterocycles. The quantitative estimate of drug-likeness (QED) is 0.416. The molecule has 1 heterocycles. The van der Waals surface area contributed by atoms with Gasteiger partial charge in [-0.05, 0) is 76.4 Å². The molecule has 2 aromatic carbocycles. The lowest BCUT2D eigenvalue weighted by Crippen LogP contribution is -2.40. The summed E-state index contributed by atoms with van der Waals surface area (Å²) in [4.78, 5) is 31.1. The fraction of sp³-hybridized carbons (Fsp3) is 0.320. The monoisotopic (exact) mass is 562 g/mol. The van der Waals surface area contributed by atoms with Crippen LogP contribution in [0.15, 0.2) is 50.8 Å². The molecule has 0 atom stereocenters. The second-order valence-electron chi connectivity index (χ2n) is 8.14. The van der Waals surface area contributed by atoms with Gasteiger partial charge in [0.2, 0.25) is 0 Å². The molecule has 1 N–H and O–H groups in total. The Balaban J connectivity index is 1.70. The van der Waals surface area contributed by atoms with E-state index in [1.165, 1.54) is 24.9 Å². The molecule has 2 aromatic rings. The average molecular weight is 563 g/mol. The van der Waals surface area contributed by atoms with Crippen molar-refractivity contribution in [2.75, 3.05) is 13.7 Å². The molecule has 0 radical (unpaired) electrons. The standard InChI is InChI=1S/C25H24BrFN2O5S/c1-33-20-12-15(11-17(26)23(20)34-14-22(30)31)13-21-24(32)29(16-7-3-2-4-8-16)25(35-21)28-19-10-6-5-9-18(19)27/h5-6,9-13,16H,2-4,7-8,14H2,1H3,(H,30,31)/b21-13-,28-25?. The van der Waals surface area contributed by atoms with Crippen LogP contribution in [0.2, 0.25) is 0 Å². The Hall–Kier alpha value is -2.85. The highest BCUT2D eigenvalue weighted by Gasteiger charge is 2.38. The number of carbonyl (C=O) groups is 2. The van der Waals surface area contributed by atoms with E-state index in [1.54, 1.807) is 41.3 Å². The van der Waals surface area contributed by atoms with Crippen molar-refractivity contribution in [2.45, 2.75) is 38.1 Å². The van der Waals surface area contributed by atoms with Crippen LogP contribution in [0.3, 0.4) is 0 Å². The lowest BCUT2D eigenvalue weighted by atomic mass is 9.94. The van der Waals surface area contributed by atoms with E-state index in [2.05, 4.69) is 20.9 Å². The van der Waals surface area contributed by atoms with Crippen LogP contribution in [0, 0.1) is 5.82 Å². The molecule has 4 rings (SSSR count). The van der Waals surface area contributed by atoms with E-state index in [1.807, 2.05) is 0 Å². The molecule has 35 heavy (non-hydrogen) atoms. The van der Waals surface area contributed by atoms with Gasteiger partial charge in [-0.3, -0.25) is 9.69 Å². The fourth-order valence-corrected chi connectivity index (χ4v) is 5.75. The number of aliphatic imine (C=N–C) groups is 1. The summed E-state index contributed by atoms with van der Waals surface area (Å²) in [5, 5.41) is 9.38. The topological polar surface area (TPSA) is 88.4 Å². The number of benzene rings is 2. The molecular weight excluding hydrogens is 539 g/mol. The number of halogens is 2. The van der Waals surface area contributed by atoms with E-state index in [-0.39, 0.29) is 23.4 Å². The maximum Gasteiger partial charge on any atom is 0.341 e. The van der Waals surface area contributed by atoms with Crippen LogP contribution in [-0.2, 0) is 9.59 Å². The number of ether oxygens (including phenoxy) is 2. The number of thioether (sulfide) groups is 1. The van der Waals surface area contributed by atoms with E-state index >= 15 is 0 Å². The Labute approximate surface area is 215 Å². The maximum absolute atomic E-state index is 14.3. The molecule has 0 unspecified atom stereocenters. The van der Waals surface area contributed by atoms with Crippen LogP contribution in [-0.4, -0.2) is 46.8 Å². The highest BCUT2D eigenvalue weighted by molar-refractivity contribution is 9.10. The van der Waals surface area contributed by atoms with Crippen LogP contribution < -0.4 is 9.47 Å². The number of carboxylic acid groups (broad SMARTS) is 1. The van der Waals surface area contributed by atoms with Gasteiger partial charge in [-0.15, -0.1) is 0 Å². The normalized spacial score (nSPS) is 18.9. The highest BCUT2D eigenvalue weighted by Crippen LogP contribution is 2.41. The SMILES string of the molecule is COc1cc(/C=C2\SC(=Nc3ccccc3F)N(C3CCCCC3)C2=O)cc(Br)c1OCC(=O)O. The number of para-hydroxylation sites is 1. The summed E-state index contributed by atoms with van der Waals surface area (Å²) in [7, 11) is 1.45. The Kier molecular flexibility index (Phi) is 8.12. The number of nitrogens with zero attached hydrogens (tertiary/aromatic N) is 2. The molecule has 1 aliphatic carbocycles. The second kappa shape index (κ2) is 11.3. The summed E-state index contributed by atoms with van der Waals surface area (Å²) < 4.78 is 25.5. The van der Waals surface area contributed by atoms with Crippen molar-refractivity contribution in [3.05, 3.63) is 57.2 Å². The Morgan fingerprint density at radius 2 is 2.03 bits per heavy atom. The van der Waals surface area contributed by atoms with Gasteiger partial charge in [-0.1, -0.05) is 31.4 Å². The van der Waals surface area contributed by atoms with Gasteiger partial charge in [0, 0.05) is 6.04 Å². The predicted molar refractivity (Wildman–Crippen MR) is 137 cm³/mol. The summed E-state index contributed by atoms with van der Waals surface area (Å²) >= 11 is 4.61. The first kappa shape index (κ1) is 25.2. The number of hydrogen-bond donors (Lipinski definition) is 1. The first-order chi connectivity index (χ1) is 16.9. The highest BCUT2D eigenvalue weighted by atomic mass is 79.9. The number of methoxy groups -OCH3 is 1. The third-order valence-corrected chi connectivity index (χ3v) is 7.31. The Morgan fingerprint density at radius 1 is 1.29 bits per heavy atom. The number of amides is 1. The maximum atomic E-state index is 14.3. The molecule has 184 valence electrons. The number of carbonyl (C=O) groups excluding carboxylic acids is 1. The first-order valence-electron chi connectivity index (χ1n) is 11.2. The summed E-state index contributed by atoms with van der Waals surface area (Å²) in [5.74, 6) is -1.14. The Bertz CT molecular complexity index is 1200. The molecule has 1 amide bonds. The minimum absolute atomic E-state index is 0.0215. The zero-order chi connectivity index (χ0) is 24.9. The largest absolute Gasteiger partial charge is 0.493 e. The van der Waals surface area contributed by atoms with Crippen molar-refractivity contribution in [1.82, 2.24) is 4.90 Å². The van der Waals surface area contributed by atoms with Gasteiger partial charge in [0.05, 0.1) is 16.5 Å². The van der Waals surface area contributed by atoms with Crippen molar-refractivity contribution in [1.29, 1.82) is 0 Å². The van der Waals surface area contributed by atoms with E-state index < -0.39 is 18.4 Å². The Morgan fingerprint density at radius 3 is 2.71 bits per heavy atom. The molecule has 1 saturated carbocycles. The van der Waals surface area contributed by atoms with E-state index in [9.17, 15) is 14.0 Å². The predicted octanol–water partition coefficient (Wildman–Crippen LogP) is 6.00. The van der Waals surface area contributed by atoms with E-state index in [0.29, 0.717) is 25.9 Å². The lowest BCUT2D eigenvalue weighted by Gasteiger charge is -2.30. The minimum atomic E-state index is -1.11. The second-order valence-corrected chi connectivity index (χ2v) is 10.0. The van der Waals surface area contributed by atoms with E-state index in [4.69, 9.17) is 14.6 Å². The lowest BCUT2D eigenvalue weighted by molar-refractivity contribution is -0.139. The van der Waals surface area contributed by atoms with Crippen LogP contribution >= 0.6 is 27.7 Å². The molecule has 0 bridgehead atoms. The molecule has 0 spiro atoms. The molecule has 10 heteroatoms. The van der Waals surface area contributed by atoms with E-state index in [0.717, 1.165) is 32.1 Å². The van der Waals surface area contributed by atoms with Crippen molar-refractivity contribution in [2.24, 2.45) is 4.99 Å². The molecule has 2 fully saturated rings. The third-order valence-electron chi connectivity index (χ3n) is 5.73. The number of aliphatic carboxylic acids is 1. The van der Waals surface area contributed by atoms with Crippen molar-refractivity contribution < 1.29 is 28.6 Å². The number of rotatable bonds is 7. The summed E-state index contributed by atoms with van der Waals surface area (Å²) in [6.07, 6.45) is 6.69. The first-order valence-corrected chi connectivity index (χ1v) is 12.8. The van der Waals surface area contributed by atoms with Crippen molar-refractivity contribution >= 4 is 56.5 Å². The van der Waals surface area contributed by atoms with Crippen molar-refractivity contribution in [3.8, 4) is 11.5 Å². The smallest absolute Gasteiger partial charge is 0.341 e. The number of amidine groups is 1. The fourth-order valence-electron chi connectivity index (χ4n) is 4.12. The van der Waals surface area contributed by atoms with Crippen LogP contribution in [0.25, 0.3) is 6.08 Å². The van der Waals surface area contributed by atoms with Crippen LogP contribution in [0.4, 0.5) is 10.1 Å². The zero-order valence-electron chi connectivity index (χ0n) is 19.0. The van der Waals surface area contributed by atoms with Gasteiger partial charge in [0.25, 0.3) is 5.91 Å². The van der Waals surface area contributed by atoms with Crippen molar-refractivity contribution in [3.63, 3.8) is 0 Å². The minimum Gasteiger partial charge on any atom is -0.493 e. The number of hydrogen-bond acceptors (Lipinski definition) is 6. The van der Waals surface area contributed by atoms with Gasteiger partial charge in [0.1, 0.15) is 11.5 Å². The van der Waals surface area contributed by atoms with Gasteiger partial charge in [-0.2, -0.15) is 0 Å².